The fraction of sp³-hybridized carbons (Fsp3) is 0. The van der Waals surface area contributed by atoms with Gasteiger partial charge in [-0.25, -0.2) is 0 Å². The molecule has 0 aromatic carbocycles. The van der Waals surface area contributed by atoms with Crippen LogP contribution in [0.4, 0.5) is 0 Å². The van der Waals surface area contributed by atoms with Gasteiger partial charge >= 0.3 is 0 Å². The van der Waals surface area contributed by atoms with Crippen LogP contribution in [0.5, 0.6) is 0 Å². The number of hydrogen-bond acceptors (Lipinski definition) is 2. The molecular formula is B2P2S2. The summed E-state index contributed by atoms with van der Waals surface area (Å²) >= 11 is 8.29. The summed E-state index contributed by atoms with van der Waals surface area (Å²) in [7, 11) is 10.3. The smallest absolute Gasteiger partial charge is 0.0948 e. The topological polar surface area (TPSA) is 0 Å². The Balaban J connectivity index is 0. The molecule has 6 heavy (non-hydrogen) atoms. The van der Waals surface area contributed by atoms with Crippen LogP contribution in [0.2, 0.25) is 0 Å². The molecular weight excluding hydrogens is 148 g/mol. The van der Waals surface area contributed by atoms with E-state index in [1.165, 1.54) is 0 Å². The molecule has 0 heterocycles. The lowest BCUT2D eigenvalue weighted by atomic mass is 10.8. The molecule has 0 unspecified atom stereocenters. The van der Waals surface area contributed by atoms with Gasteiger partial charge in [0.25, 0.3) is 0 Å². The molecule has 0 nitrogen and oxygen atoms in total. The zero-order valence-corrected chi connectivity index (χ0v) is 6.29. The zero-order chi connectivity index (χ0) is 5.41. The van der Waals surface area contributed by atoms with Gasteiger partial charge in [-0.3, -0.25) is 0 Å². The molecule has 0 spiro atoms. The lowest BCUT2D eigenvalue weighted by Crippen LogP contribution is -1.07. The van der Waals surface area contributed by atoms with Gasteiger partial charge in [-0.05, 0) is 0 Å². The van der Waals surface area contributed by atoms with Crippen LogP contribution in [0, 0.1) is 0 Å². The van der Waals surface area contributed by atoms with E-state index < -0.39 is 0 Å². The van der Waals surface area contributed by atoms with Crippen molar-refractivity contribution in [3.63, 3.8) is 0 Å². The van der Waals surface area contributed by atoms with Crippen molar-refractivity contribution in [2.45, 2.75) is 0 Å². The molecule has 0 amide bonds. The number of rotatable bonds is 0. The Kier molecular flexibility index (Phi) is 27.9. The predicted octanol–water partition coefficient (Wildman–Crippen LogP) is 0.956. The van der Waals surface area contributed by atoms with Gasteiger partial charge in [-0.15, -0.1) is 0 Å². The normalized spacial score (nSPS) is 6.67. The summed E-state index contributed by atoms with van der Waals surface area (Å²) in [5.41, 5.74) is 0. The van der Waals surface area contributed by atoms with Gasteiger partial charge in [-0.1, -0.05) is 38.1 Å². The standard InChI is InChI=1S/2BPS/c2*1-2-3. The van der Waals surface area contributed by atoms with Crippen LogP contribution in [0.1, 0.15) is 0 Å². The summed E-state index contributed by atoms with van der Waals surface area (Å²) in [6.45, 7) is 0. The summed E-state index contributed by atoms with van der Waals surface area (Å²) in [5.74, 6) is 0. The van der Waals surface area contributed by atoms with Crippen molar-refractivity contribution in [1.82, 2.24) is 0 Å². The van der Waals surface area contributed by atoms with E-state index in [0.717, 1.165) is 0 Å². The zero-order valence-electron chi connectivity index (χ0n) is 2.87. The first-order valence-electron chi connectivity index (χ1n) is 0.882. The molecule has 0 N–H and O–H groups in total. The Morgan fingerprint density at radius 3 is 1.00 bits per heavy atom. The fourth-order valence-electron chi connectivity index (χ4n) is 0. The van der Waals surface area contributed by atoms with Gasteiger partial charge in [0.15, 0.2) is 15.1 Å². The Bertz CT molecular complexity index is 30.5. The third-order valence-electron chi connectivity index (χ3n) is 0. The highest BCUT2D eigenvalue weighted by atomic mass is 32.4. The van der Waals surface area contributed by atoms with Crippen LogP contribution in [-0.4, -0.2) is 15.1 Å². The van der Waals surface area contributed by atoms with Crippen LogP contribution < -0.4 is 0 Å². The molecule has 0 aromatic heterocycles. The maximum Gasteiger partial charge on any atom is 0.167 e. The molecule has 0 saturated heterocycles. The third kappa shape index (κ3) is 65.7. The second-order valence-corrected chi connectivity index (χ2v) is 1.90. The van der Waals surface area contributed by atoms with Gasteiger partial charge in [-0.2, -0.15) is 0 Å². The molecule has 0 aliphatic rings. The Morgan fingerprint density at radius 2 is 1.00 bits per heavy atom. The number of hydrogen-bond donors (Lipinski definition) is 0. The maximum atomic E-state index is 4.63. The second-order valence-electron chi connectivity index (χ2n) is 0.211. The van der Waals surface area contributed by atoms with Crippen molar-refractivity contribution >= 4 is 53.2 Å². The highest BCUT2D eigenvalue weighted by Gasteiger charge is 1.23. The fourth-order valence-corrected chi connectivity index (χ4v) is 0. The summed E-state index contributed by atoms with van der Waals surface area (Å²) in [4.78, 5) is 0. The highest BCUT2D eigenvalue weighted by molar-refractivity contribution is 8.07. The van der Waals surface area contributed by atoms with Crippen LogP contribution in [-0.2, 0) is 23.6 Å². The van der Waals surface area contributed by atoms with Crippen LogP contribution >= 0.6 is 14.5 Å². The van der Waals surface area contributed by atoms with Gasteiger partial charge in [0, 0.05) is 0 Å². The lowest BCUT2D eigenvalue weighted by molar-refractivity contribution is 5.12. The Morgan fingerprint density at radius 1 is 1.00 bits per heavy atom. The van der Waals surface area contributed by atoms with Crippen molar-refractivity contribution in [2.75, 3.05) is 0 Å². The van der Waals surface area contributed by atoms with Crippen molar-refractivity contribution in [2.24, 2.45) is 0 Å². The molecule has 28 valence electrons. The van der Waals surface area contributed by atoms with E-state index in [1.54, 1.807) is 0 Å². The minimum absolute atomic E-state index is 0.500. The predicted molar refractivity (Wildman–Crippen MR) is 40.1 cm³/mol. The van der Waals surface area contributed by atoms with E-state index in [0.29, 0.717) is 14.5 Å². The second kappa shape index (κ2) is 16.4. The first kappa shape index (κ1) is 10.2. The van der Waals surface area contributed by atoms with E-state index in [4.69, 9.17) is 0 Å². The molecule has 0 fully saturated rings. The molecule has 0 rings (SSSR count). The molecule has 0 saturated carbocycles. The first-order chi connectivity index (χ1) is 2.83. The van der Waals surface area contributed by atoms with Crippen molar-refractivity contribution in [1.29, 1.82) is 0 Å². The summed E-state index contributed by atoms with van der Waals surface area (Å²) in [6.07, 6.45) is 0. The molecule has 4 radical (unpaired) electrons. The van der Waals surface area contributed by atoms with E-state index in [2.05, 4.69) is 38.7 Å². The Hall–Kier alpha value is 1.17. The highest BCUT2D eigenvalue weighted by Crippen LogP contribution is 1.66. The van der Waals surface area contributed by atoms with E-state index in [1.807, 2.05) is 0 Å². The molecule has 6 heteroatoms. The van der Waals surface area contributed by atoms with E-state index >= 15 is 0 Å². The Labute approximate surface area is 53.5 Å². The quantitative estimate of drug-likeness (QED) is 0.370. The van der Waals surface area contributed by atoms with Crippen LogP contribution in [0.15, 0.2) is 0 Å². The summed E-state index contributed by atoms with van der Waals surface area (Å²) < 4.78 is 0. The minimum atomic E-state index is 0.500. The summed E-state index contributed by atoms with van der Waals surface area (Å²) in [5, 5.41) is 0. The maximum absolute atomic E-state index is 4.63. The molecule has 0 aliphatic heterocycles. The monoisotopic (exact) mass is 148 g/mol. The third-order valence-corrected chi connectivity index (χ3v) is 0. The van der Waals surface area contributed by atoms with Crippen molar-refractivity contribution in [3.8, 4) is 0 Å². The average Bonchev–Trinajstić information content (AvgIpc) is 1.39. The largest absolute Gasteiger partial charge is 0.167 e. The summed E-state index contributed by atoms with van der Waals surface area (Å²) in [6, 6.07) is 0. The van der Waals surface area contributed by atoms with E-state index in [9.17, 15) is 0 Å². The van der Waals surface area contributed by atoms with Crippen LogP contribution in [0.3, 0.4) is 0 Å². The van der Waals surface area contributed by atoms with Crippen molar-refractivity contribution < 1.29 is 0 Å². The minimum Gasteiger partial charge on any atom is -0.0948 e. The molecule has 0 bridgehead atoms. The van der Waals surface area contributed by atoms with Gasteiger partial charge < -0.3 is 0 Å². The first-order valence-corrected chi connectivity index (χ1v) is 4.84. The van der Waals surface area contributed by atoms with Gasteiger partial charge in [0.1, 0.15) is 0 Å². The van der Waals surface area contributed by atoms with Crippen molar-refractivity contribution in [3.05, 3.63) is 0 Å². The van der Waals surface area contributed by atoms with E-state index in [-0.39, 0.29) is 0 Å². The SMILES string of the molecule is [B]P=S.[B]P=S. The molecule has 0 aliphatic carbocycles. The van der Waals surface area contributed by atoms with Crippen LogP contribution in [0.25, 0.3) is 0 Å². The molecule has 0 atom stereocenters. The lowest BCUT2D eigenvalue weighted by Gasteiger charge is -1.24. The van der Waals surface area contributed by atoms with Gasteiger partial charge in [0.05, 0.1) is 0 Å². The molecule has 0 aromatic rings. The average molecular weight is 148 g/mol. The van der Waals surface area contributed by atoms with Gasteiger partial charge in [0.2, 0.25) is 0 Å².